The van der Waals surface area contributed by atoms with Gasteiger partial charge in [-0.25, -0.2) is 4.79 Å². The summed E-state index contributed by atoms with van der Waals surface area (Å²) in [6.45, 7) is 19.4. The molecular formula is C75H126N18O22. The van der Waals surface area contributed by atoms with E-state index in [1.165, 1.54) is 0 Å². The fourth-order valence-electron chi connectivity index (χ4n) is 12.1. The molecule has 0 aromatic heterocycles. The zero-order chi connectivity index (χ0) is 87.4. The number of nitrogens with zero attached hydrogens (tertiary/aromatic N) is 2. The third-order valence-corrected chi connectivity index (χ3v) is 18.7. The van der Waals surface area contributed by atoms with Crippen molar-refractivity contribution in [3.63, 3.8) is 0 Å². The maximum absolute atomic E-state index is 14.5. The van der Waals surface area contributed by atoms with Crippen LogP contribution in [0.2, 0.25) is 0 Å². The van der Waals surface area contributed by atoms with E-state index in [0.717, 1.165) is 17.4 Å². The van der Waals surface area contributed by atoms with E-state index in [4.69, 9.17) is 17.2 Å². The molecule has 1 aliphatic rings. The summed E-state index contributed by atoms with van der Waals surface area (Å²) in [4.78, 5) is 224. The lowest BCUT2D eigenvalue weighted by molar-refractivity contribution is -0.149. The Bertz CT molecular complexity index is 3480. The monoisotopic (exact) mass is 1630 g/mol. The van der Waals surface area contributed by atoms with Gasteiger partial charge in [0.05, 0.1) is 44.9 Å². The number of carbonyl (C=O) groups is 16. The maximum atomic E-state index is 14.5. The zero-order valence-corrected chi connectivity index (χ0v) is 68.3. The first-order valence-electron chi connectivity index (χ1n) is 38.8. The summed E-state index contributed by atoms with van der Waals surface area (Å²) in [5.74, 6) is -19.5. The van der Waals surface area contributed by atoms with Gasteiger partial charge >= 0.3 is 11.9 Å². The van der Waals surface area contributed by atoms with Crippen molar-refractivity contribution < 1.29 is 107 Å². The fraction of sp³-hybridized carbons (Fsp3) is 0.693. The van der Waals surface area contributed by atoms with E-state index in [2.05, 4.69) is 74.1 Å². The molecule has 14 amide bonds. The van der Waals surface area contributed by atoms with Crippen molar-refractivity contribution in [1.29, 1.82) is 0 Å². The summed E-state index contributed by atoms with van der Waals surface area (Å²) in [5, 5.41) is 93.3. The van der Waals surface area contributed by atoms with E-state index >= 15 is 0 Å². The molecule has 1 aliphatic heterocycles. The molecule has 1 aromatic rings. The minimum absolute atomic E-state index is 0.0297. The maximum Gasteiger partial charge on any atom is 0.326 e. The Balaban J connectivity index is 2.41. The lowest BCUT2D eigenvalue weighted by Crippen LogP contribution is -2.62. The molecule has 0 bridgehead atoms. The van der Waals surface area contributed by atoms with Gasteiger partial charge in [-0.1, -0.05) is 119 Å². The number of carboxylic acids is 2. The van der Waals surface area contributed by atoms with Crippen LogP contribution in [0.4, 0.5) is 0 Å². The molecule has 0 saturated carbocycles. The molecule has 0 aliphatic carbocycles. The van der Waals surface area contributed by atoms with Crippen LogP contribution in [-0.4, -0.2) is 266 Å². The number of rotatable bonds is 51. The summed E-state index contributed by atoms with van der Waals surface area (Å²) in [6, 6.07) is -14.6. The van der Waals surface area contributed by atoms with Gasteiger partial charge in [-0.2, -0.15) is 0 Å². The Hall–Kier alpha value is -10.2. The Morgan fingerprint density at radius 1 is 0.487 bits per heavy atom. The van der Waals surface area contributed by atoms with Crippen LogP contribution in [-0.2, 0) is 83.1 Å². The number of amides is 14. The summed E-state index contributed by atoms with van der Waals surface area (Å²) in [6.07, 6.45) is -2.84. The summed E-state index contributed by atoms with van der Waals surface area (Å²) in [7, 11) is 0. The summed E-state index contributed by atoms with van der Waals surface area (Å²) < 4.78 is 0. The first kappa shape index (κ1) is 101. The van der Waals surface area contributed by atoms with Gasteiger partial charge in [-0.3, -0.25) is 76.9 Å². The smallest absolute Gasteiger partial charge is 0.326 e. The van der Waals surface area contributed by atoms with Crippen molar-refractivity contribution in [1.82, 2.24) is 74.0 Å². The molecule has 1 fully saturated rings. The number of hydrogen-bond donors (Lipinski definition) is 22. The molecule has 648 valence electrons. The number of aliphatic imine (C=N–C) groups is 1. The average molecular weight is 1630 g/mol. The normalized spacial score (nSPS) is 16.6. The number of benzene rings is 1. The second-order valence-electron chi connectivity index (χ2n) is 31.1. The van der Waals surface area contributed by atoms with E-state index < -0.39 is 230 Å². The van der Waals surface area contributed by atoms with Crippen LogP contribution in [0.5, 0.6) is 0 Å². The van der Waals surface area contributed by atoms with Gasteiger partial charge in [-0.05, 0) is 106 Å². The van der Waals surface area contributed by atoms with Crippen LogP contribution in [0, 0.1) is 42.4 Å². The van der Waals surface area contributed by atoms with Gasteiger partial charge in [0, 0.05) is 19.5 Å². The van der Waals surface area contributed by atoms with Gasteiger partial charge < -0.3 is 122 Å². The zero-order valence-electron chi connectivity index (χ0n) is 68.3. The van der Waals surface area contributed by atoms with Crippen LogP contribution >= 0.6 is 0 Å². The van der Waals surface area contributed by atoms with Crippen LogP contribution < -0.4 is 86.3 Å². The number of aliphatic hydroxyl groups is 4. The Labute approximate surface area is 670 Å². The molecule has 2 rings (SSSR count). The van der Waals surface area contributed by atoms with Crippen molar-refractivity contribution in [2.24, 2.45) is 57.7 Å². The third-order valence-electron chi connectivity index (χ3n) is 18.7. The number of nitrogens with two attached hydrogens (primary N) is 3. The van der Waals surface area contributed by atoms with E-state index in [0.29, 0.717) is 18.4 Å². The van der Waals surface area contributed by atoms with Crippen LogP contribution in [0.15, 0.2) is 29.3 Å². The lowest BCUT2D eigenvalue weighted by atomic mass is 9.96. The van der Waals surface area contributed by atoms with Gasteiger partial charge in [0.25, 0.3) is 0 Å². The van der Waals surface area contributed by atoms with Gasteiger partial charge in [0.15, 0.2) is 5.96 Å². The highest BCUT2D eigenvalue weighted by Gasteiger charge is 2.42. The number of nitrogens with one attached hydrogen (secondary N) is 13. The average Bonchev–Trinajstić information content (AvgIpc) is 1.82. The largest absolute Gasteiger partial charge is 0.481 e. The van der Waals surface area contributed by atoms with Crippen molar-refractivity contribution in [2.45, 2.75) is 258 Å². The minimum atomic E-state index is -1.97. The van der Waals surface area contributed by atoms with E-state index in [1.54, 1.807) is 107 Å². The Morgan fingerprint density at radius 2 is 0.878 bits per heavy atom. The highest BCUT2D eigenvalue weighted by Crippen LogP contribution is 2.22. The predicted molar refractivity (Wildman–Crippen MR) is 419 cm³/mol. The van der Waals surface area contributed by atoms with Gasteiger partial charge in [-0.15, -0.1) is 0 Å². The predicted octanol–water partition coefficient (Wildman–Crippen LogP) is -5.35. The van der Waals surface area contributed by atoms with Crippen molar-refractivity contribution in [2.75, 3.05) is 39.5 Å². The fourth-order valence-corrected chi connectivity index (χ4v) is 12.1. The molecule has 0 radical (unpaired) electrons. The molecule has 25 N–H and O–H groups in total. The first-order valence-corrected chi connectivity index (χ1v) is 38.8. The van der Waals surface area contributed by atoms with Crippen molar-refractivity contribution >= 4 is 101 Å². The highest BCUT2D eigenvalue weighted by molar-refractivity contribution is 6.01. The van der Waals surface area contributed by atoms with E-state index in [1.807, 2.05) is 6.92 Å². The number of hydrogen-bond acceptors (Lipinski definition) is 22. The molecule has 115 heavy (non-hydrogen) atoms. The number of aliphatic hydroxyl groups excluding tert-OH is 4. The number of carboxylic acid groups (broad SMARTS) is 2. The van der Waals surface area contributed by atoms with Crippen molar-refractivity contribution in [3.8, 4) is 0 Å². The Kier molecular flexibility index (Phi) is 44.1. The number of guanidine groups is 1. The lowest BCUT2D eigenvalue weighted by Gasteiger charge is -2.30. The number of carbonyl (C=O) groups excluding carboxylic acids is 14. The first-order chi connectivity index (χ1) is 53.8. The molecular weight excluding hydrogens is 1500 g/mol. The molecule has 0 unspecified atom stereocenters. The summed E-state index contributed by atoms with van der Waals surface area (Å²) >= 11 is 0. The molecule has 16 atom stereocenters. The molecule has 1 heterocycles. The van der Waals surface area contributed by atoms with E-state index in [-0.39, 0.29) is 94.1 Å². The standard InChI is InChI=1S/C75H126N18O22/c1-15-42(13)59(91-56(98)32-80-61(101)49(30-44-22-20-41(12)21-23-44)84-68(108)53(34-95)89-70(110)58(76)40(10)11)71(111)86-48(28-38(6)7)64(104)82-46(26-36(2)3)63(103)85-50(31-57(99)100)66(106)83-47(27-37(4)5)65(105)88-52(33-94)67(107)81-45(18-16-24-79-75(77)78)62(102)92-60(43(14)97)72(112)90-54(35-96)69(109)87-51(29-39(8)9)73(113)93-25-17-19-55(93)74(114)115/h20-23,36-40,42-43,45-55,58-60,94-97H,15-19,24-35,76H2,1-14H3,(H,80,101)(H,81,107)(H,82,104)(H,83,106)(H,84,108)(H,85,103)(H,86,111)(H,87,109)(H,88,105)(H,89,110)(H,90,112)(H,91,98)(H,92,102)(H,99,100)(H,114,115)(H4,77,78,79)/t42-,43+,45-,46-,47-,48-,49-,50-,51-,52-,53-,54-,55-,58-,59-,60-/m0/s1. The van der Waals surface area contributed by atoms with Crippen molar-refractivity contribution in [3.05, 3.63) is 35.4 Å². The van der Waals surface area contributed by atoms with Gasteiger partial charge in [0.1, 0.15) is 78.5 Å². The Morgan fingerprint density at radius 3 is 1.31 bits per heavy atom. The van der Waals surface area contributed by atoms with Gasteiger partial charge in [0.2, 0.25) is 82.7 Å². The SMILES string of the molecule is CC[C@H](C)[C@H](NC(=O)CNC(=O)[C@H](Cc1ccc(C)cc1)NC(=O)[C@H](CO)NC(=O)[C@@H](N)C(C)C)C(=O)N[C@@H](CC(C)C)C(=O)N[C@@H](CC(C)C)C(=O)N[C@@H](CC(=O)O)C(=O)N[C@@H](CC(C)C)C(=O)N[C@@H](CO)C(=O)N[C@@H](CCCN=C(N)N)C(=O)N[C@H](C(=O)N[C@@H](CO)C(=O)N[C@@H](CC(C)C)C(=O)N1CCC[C@H]1C(=O)O)[C@@H](C)O. The van der Waals surface area contributed by atoms with E-state index in [9.17, 15) is 107 Å². The molecule has 0 spiro atoms. The van der Waals surface area contributed by atoms with Crippen LogP contribution in [0.25, 0.3) is 0 Å². The molecule has 1 aromatic carbocycles. The number of aliphatic carboxylic acids is 2. The minimum Gasteiger partial charge on any atom is -0.481 e. The quantitative estimate of drug-likeness (QED) is 0.0164. The second-order valence-corrected chi connectivity index (χ2v) is 31.1. The topological polar surface area (TPSA) is 645 Å². The molecule has 1 saturated heterocycles. The number of likely N-dealkylation sites (tertiary alicyclic amines) is 1. The molecule has 40 heteroatoms. The summed E-state index contributed by atoms with van der Waals surface area (Å²) in [5.41, 5.74) is 18.4. The molecule has 40 nitrogen and oxygen atoms in total. The second kappa shape index (κ2) is 50.2. The highest BCUT2D eigenvalue weighted by atomic mass is 16.4. The van der Waals surface area contributed by atoms with Crippen LogP contribution in [0.3, 0.4) is 0 Å². The van der Waals surface area contributed by atoms with Crippen LogP contribution in [0.1, 0.15) is 165 Å². The number of aryl methyl sites for hydroxylation is 1. The third kappa shape index (κ3) is 35.6.